The molecular weight excluding hydrogens is 409 g/mol. The van der Waals surface area contributed by atoms with E-state index in [1.165, 1.54) is 38.6 Å². The van der Waals surface area contributed by atoms with Gasteiger partial charge in [0.1, 0.15) is 17.2 Å². The lowest BCUT2D eigenvalue weighted by Gasteiger charge is -2.23. The largest absolute Gasteiger partial charge is 0.467 e. The lowest BCUT2D eigenvalue weighted by molar-refractivity contribution is -0.142. The number of benzene rings is 1. The molecule has 1 heterocycles. The standard InChI is InChI=1S/C16H16ClF3N2O4S/c1-21(2)27(24,25)14-8-11(5-6-13(14)17)15(23)22(10-16(18,19)20)9-12-4-3-7-26-12/h3-8H,9-10H2,1-2H3. The monoisotopic (exact) mass is 424 g/mol. The van der Waals surface area contributed by atoms with Crippen LogP contribution in [0, 0.1) is 0 Å². The molecule has 2 aromatic rings. The highest BCUT2D eigenvalue weighted by molar-refractivity contribution is 7.89. The van der Waals surface area contributed by atoms with E-state index in [-0.39, 0.29) is 21.2 Å². The van der Waals surface area contributed by atoms with Gasteiger partial charge in [0, 0.05) is 19.7 Å². The van der Waals surface area contributed by atoms with E-state index in [2.05, 4.69) is 0 Å². The molecule has 0 unspecified atom stereocenters. The lowest BCUT2D eigenvalue weighted by atomic mass is 10.2. The maximum Gasteiger partial charge on any atom is 0.406 e. The topological polar surface area (TPSA) is 70.8 Å². The predicted octanol–water partition coefficient (Wildman–Crippen LogP) is 3.39. The average molecular weight is 425 g/mol. The fraction of sp³-hybridized carbons (Fsp3) is 0.312. The minimum absolute atomic E-state index is 0.145. The molecule has 0 radical (unpaired) electrons. The molecular formula is C16H16ClF3N2O4S. The number of alkyl halides is 3. The Morgan fingerprint density at radius 1 is 1.22 bits per heavy atom. The summed E-state index contributed by atoms with van der Waals surface area (Å²) in [5.41, 5.74) is -0.240. The highest BCUT2D eigenvalue weighted by atomic mass is 35.5. The van der Waals surface area contributed by atoms with E-state index in [4.69, 9.17) is 16.0 Å². The van der Waals surface area contributed by atoms with Crippen LogP contribution in [0.2, 0.25) is 5.02 Å². The Kier molecular flexibility index (Phi) is 6.23. The van der Waals surface area contributed by atoms with Gasteiger partial charge in [-0.15, -0.1) is 0 Å². The number of hydrogen-bond acceptors (Lipinski definition) is 4. The molecule has 0 aliphatic carbocycles. The summed E-state index contributed by atoms with van der Waals surface area (Å²) in [6.07, 6.45) is -3.37. The number of sulfonamides is 1. The molecule has 0 spiro atoms. The maximum absolute atomic E-state index is 12.9. The van der Waals surface area contributed by atoms with Crippen molar-refractivity contribution in [3.8, 4) is 0 Å². The van der Waals surface area contributed by atoms with Gasteiger partial charge < -0.3 is 9.32 Å². The van der Waals surface area contributed by atoms with Gasteiger partial charge in [-0.25, -0.2) is 12.7 Å². The Labute approximate surface area is 159 Å². The van der Waals surface area contributed by atoms with Crippen molar-refractivity contribution in [2.45, 2.75) is 17.6 Å². The Morgan fingerprint density at radius 3 is 2.41 bits per heavy atom. The third-order valence-electron chi connectivity index (χ3n) is 3.52. The molecule has 0 aliphatic rings. The molecule has 2 rings (SSSR count). The van der Waals surface area contributed by atoms with Crippen LogP contribution in [0.4, 0.5) is 13.2 Å². The smallest absolute Gasteiger partial charge is 0.406 e. The van der Waals surface area contributed by atoms with E-state index in [0.717, 1.165) is 16.4 Å². The molecule has 1 aromatic carbocycles. The van der Waals surface area contributed by atoms with Crippen LogP contribution >= 0.6 is 11.6 Å². The van der Waals surface area contributed by atoms with Gasteiger partial charge in [-0.05, 0) is 30.3 Å². The fourth-order valence-corrected chi connectivity index (χ4v) is 3.61. The van der Waals surface area contributed by atoms with Crippen molar-refractivity contribution >= 4 is 27.5 Å². The van der Waals surface area contributed by atoms with E-state index >= 15 is 0 Å². The number of furan rings is 1. The third kappa shape index (κ3) is 5.24. The molecule has 1 amide bonds. The summed E-state index contributed by atoms with van der Waals surface area (Å²) in [6.45, 7) is -1.95. The molecule has 27 heavy (non-hydrogen) atoms. The molecule has 0 saturated heterocycles. The van der Waals surface area contributed by atoms with Crippen molar-refractivity contribution in [3.05, 3.63) is 52.9 Å². The maximum atomic E-state index is 12.9. The van der Waals surface area contributed by atoms with Crippen LogP contribution < -0.4 is 0 Å². The van der Waals surface area contributed by atoms with Crippen LogP contribution in [-0.4, -0.2) is 50.3 Å². The van der Waals surface area contributed by atoms with Gasteiger partial charge in [0.2, 0.25) is 10.0 Å². The van der Waals surface area contributed by atoms with E-state index in [1.54, 1.807) is 0 Å². The van der Waals surface area contributed by atoms with E-state index in [0.29, 0.717) is 4.90 Å². The molecule has 0 saturated carbocycles. The number of carbonyl (C=O) groups excluding carboxylic acids is 1. The van der Waals surface area contributed by atoms with Crippen molar-refractivity contribution in [2.75, 3.05) is 20.6 Å². The second-order valence-electron chi connectivity index (χ2n) is 5.79. The zero-order valence-corrected chi connectivity index (χ0v) is 15.9. The van der Waals surface area contributed by atoms with E-state index in [9.17, 15) is 26.4 Å². The zero-order valence-electron chi connectivity index (χ0n) is 14.3. The van der Waals surface area contributed by atoms with E-state index in [1.807, 2.05) is 0 Å². The van der Waals surface area contributed by atoms with Gasteiger partial charge in [0.05, 0.1) is 17.8 Å². The van der Waals surface area contributed by atoms with Gasteiger partial charge in [0.25, 0.3) is 5.91 Å². The van der Waals surface area contributed by atoms with E-state index < -0.39 is 35.2 Å². The zero-order chi connectivity index (χ0) is 20.4. The third-order valence-corrected chi connectivity index (χ3v) is 5.82. The van der Waals surface area contributed by atoms with Crippen LogP contribution in [0.5, 0.6) is 0 Å². The summed E-state index contributed by atoms with van der Waals surface area (Å²) in [6, 6.07) is 6.20. The Hall–Kier alpha value is -2.04. The van der Waals surface area contributed by atoms with Crippen LogP contribution in [0.15, 0.2) is 45.9 Å². The SMILES string of the molecule is CN(C)S(=O)(=O)c1cc(C(=O)N(Cc2ccco2)CC(F)(F)F)ccc1Cl. The molecule has 0 fully saturated rings. The highest BCUT2D eigenvalue weighted by Crippen LogP contribution is 2.26. The van der Waals surface area contributed by atoms with Crippen molar-refractivity contribution < 1.29 is 30.8 Å². The average Bonchev–Trinajstić information content (AvgIpc) is 3.05. The van der Waals surface area contributed by atoms with Crippen molar-refractivity contribution in [1.82, 2.24) is 9.21 Å². The summed E-state index contributed by atoms with van der Waals surface area (Å²) in [7, 11) is -1.44. The summed E-state index contributed by atoms with van der Waals surface area (Å²) >= 11 is 5.90. The van der Waals surface area contributed by atoms with Gasteiger partial charge in [-0.2, -0.15) is 13.2 Å². The number of rotatable bonds is 6. The van der Waals surface area contributed by atoms with Crippen molar-refractivity contribution in [2.24, 2.45) is 0 Å². The van der Waals surface area contributed by atoms with Crippen molar-refractivity contribution in [3.63, 3.8) is 0 Å². The van der Waals surface area contributed by atoms with Gasteiger partial charge in [-0.1, -0.05) is 11.6 Å². The summed E-state index contributed by atoms with van der Waals surface area (Å²) in [4.78, 5) is 12.8. The van der Waals surface area contributed by atoms with Gasteiger partial charge in [-0.3, -0.25) is 4.79 Å². The quantitative estimate of drug-likeness (QED) is 0.712. The van der Waals surface area contributed by atoms with Crippen molar-refractivity contribution in [1.29, 1.82) is 0 Å². The Morgan fingerprint density at radius 2 is 1.89 bits per heavy atom. The first kappa shape index (κ1) is 21.3. The summed E-state index contributed by atoms with van der Waals surface area (Å²) in [5.74, 6) is -0.849. The minimum Gasteiger partial charge on any atom is -0.467 e. The molecule has 11 heteroatoms. The first-order valence-electron chi connectivity index (χ1n) is 7.52. The molecule has 0 bridgehead atoms. The van der Waals surface area contributed by atoms with Crippen LogP contribution in [0.3, 0.4) is 0 Å². The van der Waals surface area contributed by atoms with Gasteiger partial charge >= 0.3 is 6.18 Å². The normalized spacial score (nSPS) is 12.4. The second kappa shape index (κ2) is 7.91. The van der Waals surface area contributed by atoms with Crippen LogP contribution in [-0.2, 0) is 16.6 Å². The number of hydrogen-bond donors (Lipinski definition) is 0. The second-order valence-corrected chi connectivity index (χ2v) is 8.32. The molecule has 0 atom stereocenters. The first-order chi connectivity index (χ1) is 12.4. The lowest BCUT2D eigenvalue weighted by Crippen LogP contribution is -2.38. The molecule has 1 aromatic heterocycles. The minimum atomic E-state index is -4.65. The number of halogens is 4. The van der Waals surface area contributed by atoms with Crippen LogP contribution in [0.25, 0.3) is 0 Å². The number of amides is 1. The van der Waals surface area contributed by atoms with Gasteiger partial charge in [0.15, 0.2) is 0 Å². The summed E-state index contributed by atoms with van der Waals surface area (Å²) < 4.78 is 69.2. The molecule has 6 nitrogen and oxygen atoms in total. The Bertz CT molecular complexity index is 912. The fourth-order valence-electron chi connectivity index (χ4n) is 2.22. The highest BCUT2D eigenvalue weighted by Gasteiger charge is 2.34. The van der Waals surface area contributed by atoms with Crippen LogP contribution in [0.1, 0.15) is 16.1 Å². The Balaban J connectivity index is 2.42. The predicted molar refractivity (Wildman–Crippen MR) is 91.8 cm³/mol. The summed E-state index contributed by atoms with van der Waals surface area (Å²) in [5, 5.41) is -0.145. The number of nitrogens with zero attached hydrogens (tertiary/aromatic N) is 2. The first-order valence-corrected chi connectivity index (χ1v) is 9.34. The molecule has 0 N–H and O–H groups in total. The number of carbonyl (C=O) groups is 1. The molecule has 0 aliphatic heterocycles. The molecule has 148 valence electrons.